The van der Waals surface area contributed by atoms with Crippen molar-refractivity contribution in [3.63, 3.8) is 0 Å². The molecule has 1 aliphatic rings. The third-order valence-corrected chi connectivity index (χ3v) is 5.19. The van der Waals surface area contributed by atoms with Crippen LogP contribution in [-0.2, 0) is 6.61 Å². The van der Waals surface area contributed by atoms with Gasteiger partial charge in [-0.2, -0.15) is 8.78 Å². The summed E-state index contributed by atoms with van der Waals surface area (Å²) in [5.74, 6) is 0.387. The van der Waals surface area contributed by atoms with E-state index in [0.29, 0.717) is 32.7 Å². The van der Waals surface area contributed by atoms with E-state index < -0.39 is 6.61 Å². The Labute approximate surface area is 186 Å². The number of alkyl halides is 2. The molecule has 3 aromatic carbocycles. The summed E-state index contributed by atoms with van der Waals surface area (Å²) in [6.07, 6.45) is 1.37. The number of ether oxygens (including phenoxy) is 3. The maximum Gasteiger partial charge on any atom is 0.387 e. The van der Waals surface area contributed by atoms with Gasteiger partial charge in [0.25, 0.3) is 0 Å². The first-order valence-electron chi connectivity index (χ1n) is 9.09. The molecule has 0 bridgehead atoms. The maximum absolute atomic E-state index is 12.6. The van der Waals surface area contributed by atoms with Crippen LogP contribution >= 0.6 is 23.2 Å². The first kappa shape index (κ1) is 21.2. The number of hydrogen-bond acceptors (Lipinski definition) is 4. The minimum atomic E-state index is -2.98. The number of allylic oxidation sites excluding steroid dienone is 1. The summed E-state index contributed by atoms with van der Waals surface area (Å²) in [4.78, 5) is 12.6. The number of hydrogen-bond donors (Lipinski definition) is 0. The lowest BCUT2D eigenvalue weighted by Gasteiger charge is -2.08. The second kappa shape index (κ2) is 8.96. The topological polar surface area (TPSA) is 44.8 Å². The second-order valence-electron chi connectivity index (χ2n) is 6.55. The molecule has 0 fully saturated rings. The van der Waals surface area contributed by atoms with E-state index in [4.69, 9.17) is 32.7 Å². The highest BCUT2D eigenvalue weighted by Gasteiger charge is 2.28. The lowest BCUT2D eigenvalue weighted by Crippen LogP contribution is -2.04. The van der Waals surface area contributed by atoms with Gasteiger partial charge in [-0.05, 0) is 42.0 Å². The molecule has 0 unspecified atom stereocenters. The molecule has 0 saturated carbocycles. The van der Waals surface area contributed by atoms with E-state index in [1.807, 2.05) is 0 Å². The Bertz CT molecular complexity index is 1180. The van der Waals surface area contributed by atoms with Gasteiger partial charge in [0.05, 0.1) is 15.6 Å². The summed E-state index contributed by atoms with van der Waals surface area (Å²) in [5.41, 5.74) is 1.47. The molecule has 0 spiro atoms. The molecule has 1 aliphatic heterocycles. The Morgan fingerprint density at radius 3 is 2.58 bits per heavy atom. The Morgan fingerprint density at radius 1 is 1.00 bits per heavy atom. The van der Waals surface area contributed by atoms with Gasteiger partial charge in [0.1, 0.15) is 23.9 Å². The average Bonchev–Trinajstić information content (AvgIpc) is 3.05. The summed E-state index contributed by atoms with van der Waals surface area (Å²) in [7, 11) is 0. The fraction of sp³-hybridized carbons (Fsp3) is 0.0870. The van der Waals surface area contributed by atoms with Crippen molar-refractivity contribution in [2.45, 2.75) is 13.2 Å². The summed E-state index contributed by atoms with van der Waals surface area (Å²) in [6, 6.07) is 16.1. The molecule has 1 heterocycles. The standard InChI is InChI=1S/C23H14Cl2F2O4/c24-17-8-5-13(9-18(17)25)12-29-15-6-7-16-20(11-15)30-21(22(16)28)10-14-3-1-2-4-19(14)31-23(26)27/h1-11,23H,12H2/b21-10-. The number of ketones is 1. The van der Waals surface area contributed by atoms with Crippen molar-refractivity contribution in [3.05, 3.63) is 93.2 Å². The number of rotatable bonds is 6. The molecule has 8 heteroatoms. The molecular weight excluding hydrogens is 449 g/mol. The van der Waals surface area contributed by atoms with Gasteiger partial charge in [-0.3, -0.25) is 4.79 Å². The summed E-state index contributed by atoms with van der Waals surface area (Å²) in [5, 5.41) is 0.881. The van der Waals surface area contributed by atoms with E-state index in [2.05, 4.69) is 4.74 Å². The number of para-hydroxylation sites is 1. The minimum absolute atomic E-state index is 0.00180. The summed E-state index contributed by atoms with van der Waals surface area (Å²) < 4.78 is 41.1. The van der Waals surface area contributed by atoms with E-state index in [1.54, 1.807) is 54.6 Å². The minimum Gasteiger partial charge on any atom is -0.489 e. The largest absolute Gasteiger partial charge is 0.489 e. The smallest absolute Gasteiger partial charge is 0.387 e. The van der Waals surface area contributed by atoms with E-state index in [-0.39, 0.29) is 23.9 Å². The molecule has 0 amide bonds. The van der Waals surface area contributed by atoms with Gasteiger partial charge in [-0.25, -0.2) is 0 Å². The SMILES string of the molecule is O=C1/C(=C/c2ccccc2OC(F)F)Oc2cc(OCc3ccc(Cl)c(Cl)c3)ccc21. The van der Waals surface area contributed by atoms with Crippen LogP contribution in [0, 0.1) is 0 Å². The number of fused-ring (bicyclic) bond motifs is 1. The van der Waals surface area contributed by atoms with Gasteiger partial charge >= 0.3 is 6.61 Å². The zero-order valence-electron chi connectivity index (χ0n) is 15.8. The van der Waals surface area contributed by atoms with Crippen molar-refractivity contribution in [2.24, 2.45) is 0 Å². The van der Waals surface area contributed by atoms with Crippen LogP contribution in [0.1, 0.15) is 21.5 Å². The molecular formula is C23H14Cl2F2O4. The zero-order valence-corrected chi connectivity index (χ0v) is 17.3. The molecule has 0 atom stereocenters. The highest BCUT2D eigenvalue weighted by Crippen LogP contribution is 2.36. The van der Waals surface area contributed by atoms with Gasteiger partial charge < -0.3 is 14.2 Å². The normalized spacial score (nSPS) is 14.0. The molecule has 31 heavy (non-hydrogen) atoms. The molecule has 0 aliphatic carbocycles. The van der Waals surface area contributed by atoms with Crippen molar-refractivity contribution in [1.29, 1.82) is 0 Å². The molecule has 4 nitrogen and oxygen atoms in total. The van der Waals surface area contributed by atoms with Crippen molar-refractivity contribution < 1.29 is 27.8 Å². The predicted molar refractivity (Wildman–Crippen MR) is 113 cm³/mol. The van der Waals surface area contributed by atoms with E-state index in [1.165, 1.54) is 12.1 Å². The highest BCUT2D eigenvalue weighted by molar-refractivity contribution is 6.42. The first-order chi connectivity index (χ1) is 14.9. The van der Waals surface area contributed by atoms with Crippen LogP contribution in [0.25, 0.3) is 6.08 Å². The van der Waals surface area contributed by atoms with Crippen LogP contribution in [0.2, 0.25) is 10.0 Å². The quantitative estimate of drug-likeness (QED) is 0.378. The molecule has 4 rings (SSSR count). The van der Waals surface area contributed by atoms with Crippen LogP contribution in [0.5, 0.6) is 17.2 Å². The molecule has 0 radical (unpaired) electrons. The van der Waals surface area contributed by atoms with Gasteiger partial charge in [0.2, 0.25) is 5.78 Å². The predicted octanol–water partition coefficient (Wildman–Crippen LogP) is 6.79. The summed E-state index contributed by atoms with van der Waals surface area (Å²) >= 11 is 11.9. The van der Waals surface area contributed by atoms with Crippen molar-refractivity contribution >= 4 is 35.1 Å². The van der Waals surface area contributed by atoms with Crippen molar-refractivity contribution in [2.75, 3.05) is 0 Å². The Hall–Kier alpha value is -3.09. The van der Waals surface area contributed by atoms with Gasteiger partial charge in [-0.1, -0.05) is 47.5 Å². The van der Waals surface area contributed by atoms with E-state index >= 15 is 0 Å². The Balaban J connectivity index is 1.52. The fourth-order valence-corrected chi connectivity index (χ4v) is 3.32. The van der Waals surface area contributed by atoms with Crippen molar-refractivity contribution in [1.82, 2.24) is 0 Å². The van der Waals surface area contributed by atoms with Crippen LogP contribution in [0.4, 0.5) is 8.78 Å². The third-order valence-electron chi connectivity index (χ3n) is 4.45. The molecule has 0 N–H and O–H groups in total. The molecule has 158 valence electrons. The van der Waals surface area contributed by atoms with Crippen LogP contribution in [0.15, 0.2) is 66.4 Å². The highest BCUT2D eigenvalue weighted by atomic mass is 35.5. The number of benzene rings is 3. The lowest BCUT2D eigenvalue weighted by atomic mass is 10.1. The second-order valence-corrected chi connectivity index (χ2v) is 7.37. The Kier molecular flexibility index (Phi) is 6.11. The van der Waals surface area contributed by atoms with E-state index in [0.717, 1.165) is 5.56 Å². The number of Topliss-reactive ketones (excluding diaryl/α,β-unsaturated/α-hetero) is 1. The lowest BCUT2D eigenvalue weighted by molar-refractivity contribution is -0.0499. The summed E-state index contributed by atoms with van der Waals surface area (Å²) in [6.45, 7) is -2.74. The van der Waals surface area contributed by atoms with Crippen LogP contribution in [-0.4, -0.2) is 12.4 Å². The number of carbonyl (C=O) groups excluding carboxylic acids is 1. The number of carbonyl (C=O) groups is 1. The number of halogens is 4. The van der Waals surface area contributed by atoms with Crippen molar-refractivity contribution in [3.8, 4) is 17.2 Å². The monoisotopic (exact) mass is 462 g/mol. The van der Waals surface area contributed by atoms with Crippen LogP contribution in [0.3, 0.4) is 0 Å². The molecule has 3 aromatic rings. The maximum atomic E-state index is 12.6. The average molecular weight is 463 g/mol. The molecule has 0 aromatic heterocycles. The molecule has 0 saturated heterocycles. The van der Waals surface area contributed by atoms with Crippen LogP contribution < -0.4 is 14.2 Å². The fourth-order valence-electron chi connectivity index (χ4n) is 3.00. The first-order valence-corrected chi connectivity index (χ1v) is 9.85. The Morgan fingerprint density at radius 2 is 1.81 bits per heavy atom. The zero-order chi connectivity index (χ0) is 22.0. The van der Waals surface area contributed by atoms with Gasteiger partial charge in [0.15, 0.2) is 5.76 Å². The van der Waals surface area contributed by atoms with E-state index in [9.17, 15) is 13.6 Å². The van der Waals surface area contributed by atoms with Gasteiger partial charge in [0, 0.05) is 11.6 Å². The third kappa shape index (κ3) is 4.81. The van der Waals surface area contributed by atoms with Gasteiger partial charge in [-0.15, -0.1) is 0 Å².